The van der Waals surface area contributed by atoms with Crippen LogP contribution in [0, 0.1) is 0 Å². The molecule has 0 heterocycles. The summed E-state index contributed by atoms with van der Waals surface area (Å²) >= 11 is 0. The molecule has 1 aromatic carbocycles. The van der Waals surface area contributed by atoms with Gasteiger partial charge in [0.2, 0.25) is 0 Å². The van der Waals surface area contributed by atoms with Crippen molar-refractivity contribution in [2.24, 2.45) is 0 Å². The molecule has 0 aliphatic carbocycles. The summed E-state index contributed by atoms with van der Waals surface area (Å²) in [5, 5.41) is 9.21. The van der Waals surface area contributed by atoms with Crippen molar-refractivity contribution < 1.29 is 24.2 Å². The van der Waals surface area contributed by atoms with Gasteiger partial charge in [0.1, 0.15) is 5.56 Å². The molecule has 0 aromatic heterocycles. The van der Waals surface area contributed by atoms with Gasteiger partial charge in [-0.3, -0.25) is 4.79 Å². The third-order valence-electron chi connectivity index (χ3n) is 3.15. The summed E-state index contributed by atoms with van der Waals surface area (Å²) in [6.07, 6.45) is -0.792. The molecule has 1 rings (SSSR count). The molecule has 0 aliphatic rings. The van der Waals surface area contributed by atoms with Gasteiger partial charge < -0.3 is 19.5 Å². The Bertz CT molecular complexity index is 511. The molecule has 0 radical (unpaired) electrons. The van der Waals surface area contributed by atoms with Gasteiger partial charge in [0.25, 0.3) is 5.91 Å². The second-order valence-corrected chi connectivity index (χ2v) is 4.41. The fourth-order valence-electron chi connectivity index (χ4n) is 1.99. The Hall–Kier alpha value is -2.24. The zero-order valence-electron chi connectivity index (χ0n) is 12.8. The first kappa shape index (κ1) is 16.8. The fourth-order valence-corrected chi connectivity index (χ4v) is 1.99. The number of hydrogen-bond donors (Lipinski definition) is 1. The lowest BCUT2D eigenvalue weighted by atomic mass is 10.2. The zero-order valence-corrected chi connectivity index (χ0v) is 12.8. The summed E-state index contributed by atoms with van der Waals surface area (Å²) in [6, 6.07) is 4.57. The molecule has 6 heteroatoms. The van der Waals surface area contributed by atoms with E-state index >= 15 is 0 Å². The molecule has 116 valence electrons. The molecule has 0 saturated carbocycles. The van der Waals surface area contributed by atoms with E-state index in [9.17, 15) is 14.7 Å². The smallest absolute Gasteiger partial charge is 0.339 e. The van der Waals surface area contributed by atoms with Crippen molar-refractivity contribution in [3.63, 3.8) is 0 Å². The standard InChI is InChI=1S/C15H21NO5/c1-5-16(6-2)14(17)10(3)21-13-11(15(18)19)8-7-9-12(13)20-4/h7-10H,5-6H2,1-4H3,(H,18,19). The zero-order chi connectivity index (χ0) is 16.0. The summed E-state index contributed by atoms with van der Waals surface area (Å²) in [6.45, 7) is 6.49. The first-order valence-corrected chi connectivity index (χ1v) is 6.81. The number of ether oxygens (including phenoxy) is 2. The van der Waals surface area contributed by atoms with Crippen molar-refractivity contribution in [2.45, 2.75) is 26.9 Å². The number of para-hydroxylation sites is 1. The molecule has 6 nitrogen and oxygen atoms in total. The van der Waals surface area contributed by atoms with E-state index in [1.807, 2.05) is 13.8 Å². The van der Waals surface area contributed by atoms with Crippen LogP contribution < -0.4 is 9.47 Å². The number of aromatic carboxylic acids is 1. The average molecular weight is 295 g/mol. The topological polar surface area (TPSA) is 76.1 Å². The van der Waals surface area contributed by atoms with Gasteiger partial charge in [-0.2, -0.15) is 0 Å². The van der Waals surface area contributed by atoms with Crippen LogP contribution in [0.5, 0.6) is 11.5 Å². The lowest BCUT2D eigenvalue weighted by Crippen LogP contribution is -2.40. The molecule has 0 bridgehead atoms. The Morgan fingerprint density at radius 3 is 2.38 bits per heavy atom. The van der Waals surface area contributed by atoms with Crippen LogP contribution in [-0.4, -0.2) is 48.2 Å². The van der Waals surface area contributed by atoms with Crippen LogP contribution in [0.2, 0.25) is 0 Å². The van der Waals surface area contributed by atoms with E-state index in [0.29, 0.717) is 13.1 Å². The Kier molecular flexibility index (Phi) is 6.02. The van der Waals surface area contributed by atoms with Crippen molar-refractivity contribution in [3.05, 3.63) is 23.8 Å². The maximum absolute atomic E-state index is 12.2. The van der Waals surface area contributed by atoms with Crippen molar-refractivity contribution in [1.29, 1.82) is 0 Å². The summed E-state index contributed by atoms with van der Waals surface area (Å²) < 4.78 is 10.7. The van der Waals surface area contributed by atoms with E-state index in [-0.39, 0.29) is 23.0 Å². The minimum absolute atomic E-state index is 0.0338. The van der Waals surface area contributed by atoms with Crippen molar-refractivity contribution >= 4 is 11.9 Å². The summed E-state index contributed by atoms with van der Waals surface area (Å²) in [7, 11) is 1.42. The quantitative estimate of drug-likeness (QED) is 0.833. The van der Waals surface area contributed by atoms with Gasteiger partial charge in [0.15, 0.2) is 17.6 Å². The third kappa shape index (κ3) is 3.87. The number of methoxy groups -OCH3 is 1. The SMILES string of the molecule is CCN(CC)C(=O)C(C)Oc1c(OC)cccc1C(=O)O. The molecule has 1 unspecified atom stereocenters. The molecule has 0 spiro atoms. The molecule has 1 atom stereocenters. The minimum Gasteiger partial charge on any atom is -0.493 e. The average Bonchev–Trinajstić information content (AvgIpc) is 2.48. The van der Waals surface area contributed by atoms with Crippen molar-refractivity contribution in [2.75, 3.05) is 20.2 Å². The van der Waals surface area contributed by atoms with E-state index in [4.69, 9.17) is 9.47 Å². The number of hydrogen-bond acceptors (Lipinski definition) is 4. The number of rotatable bonds is 7. The molecule has 1 aromatic rings. The molecular weight excluding hydrogens is 274 g/mol. The second-order valence-electron chi connectivity index (χ2n) is 4.41. The highest BCUT2D eigenvalue weighted by molar-refractivity contribution is 5.92. The number of carboxylic acid groups (broad SMARTS) is 1. The lowest BCUT2D eigenvalue weighted by molar-refractivity contribution is -0.137. The number of likely N-dealkylation sites (N-methyl/N-ethyl adjacent to an activating group) is 1. The van der Waals surface area contributed by atoms with Crippen LogP contribution in [0.1, 0.15) is 31.1 Å². The fraction of sp³-hybridized carbons (Fsp3) is 0.467. The highest BCUT2D eigenvalue weighted by Gasteiger charge is 2.24. The van der Waals surface area contributed by atoms with Gasteiger partial charge in [0.05, 0.1) is 7.11 Å². The maximum Gasteiger partial charge on any atom is 0.339 e. The summed E-state index contributed by atoms with van der Waals surface area (Å²) in [5.74, 6) is -0.969. The third-order valence-corrected chi connectivity index (χ3v) is 3.15. The predicted octanol–water partition coefficient (Wildman–Crippen LogP) is 2.03. The first-order chi connectivity index (χ1) is 9.96. The molecule has 0 fully saturated rings. The van der Waals surface area contributed by atoms with Crippen LogP contribution >= 0.6 is 0 Å². The minimum atomic E-state index is -1.13. The van der Waals surface area contributed by atoms with Gasteiger partial charge in [-0.05, 0) is 32.9 Å². The highest BCUT2D eigenvalue weighted by Crippen LogP contribution is 2.32. The number of carboxylic acids is 1. The Labute approximate surface area is 124 Å². The molecular formula is C15H21NO5. The molecule has 0 saturated heterocycles. The van der Waals surface area contributed by atoms with Gasteiger partial charge in [0, 0.05) is 13.1 Å². The predicted molar refractivity (Wildman–Crippen MR) is 78.0 cm³/mol. The van der Waals surface area contributed by atoms with E-state index in [1.54, 1.807) is 24.0 Å². The number of nitrogens with zero attached hydrogens (tertiary/aromatic N) is 1. The monoisotopic (exact) mass is 295 g/mol. The van der Waals surface area contributed by atoms with Crippen LogP contribution in [-0.2, 0) is 4.79 Å². The highest BCUT2D eigenvalue weighted by atomic mass is 16.5. The molecule has 21 heavy (non-hydrogen) atoms. The Balaban J connectivity index is 3.06. The van der Waals surface area contributed by atoms with E-state index in [0.717, 1.165) is 0 Å². The van der Waals surface area contributed by atoms with Gasteiger partial charge in [-0.25, -0.2) is 4.79 Å². The number of benzene rings is 1. The maximum atomic E-state index is 12.2. The van der Waals surface area contributed by atoms with E-state index in [1.165, 1.54) is 13.2 Å². The first-order valence-electron chi connectivity index (χ1n) is 6.81. The van der Waals surface area contributed by atoms with Gasteiger partial charge in [-0.1, -0.05) is 6.07 Å². The largest absolute Gasteiger partial charge is 0.493 e. The molecule has 0 aliphatic heterocycles. The molecule has 1 amide bonds. The Morgan fingerprint density at radius 1 is 1.29 bits per heavy atom. The second kappa shape index (κ2) is 7.52. The van der Waals surface area contributed by atoms with E-state index in [2.05, 4.69) is 0 Å². The summed E-state index contributed by atoms with van der Waals surface area (Å²) in [4.78, 5) is 25.1. The van der Waals surface area contributed by atoms with Crippen LogP contribution in [0.15, 0.2) is 18.2 Å². The Morgan fingerprint density at radius 2 is 1.90 bits per heavy atom. The molecule has 1 N–H and O–H groups in total. The van der Waals surface area contributed by atoms with E-state index < -0.39 is 12.1 Å². The normalized spacial score (nSPS) is 11.6. The van der Waals surface area contributed by atoms with Crippen LogP contribution in [0.4, 0.5) is 0 Å². The van der Waals surface area contributed by atoms with Crippen LogP contribution in [0.25, 0.3) is 0 Å². The van der Waals surface area contributed by atoms with Crippen LogP contribution in [0.3, 0.4) is 0 Å². The van der Waals surface area contributed by atoms with Gasteiger partial charge >= 0.3 is 5.97 Å². The lowest BCUT2D eigenvalue weighted by Gasteiger charge is -2.24. The van der Waals surface area contributed by atoms with Gasteiger partial charge in [-0.15, -0.1) is 0 Å². The summed E-state index contributed by atoms with van der Waals surface area (Å²) in [5.41, 5.74) is -0.0338. The van der Waals surface area contributed by atoms with Crippen molar-refractivity contribution in [1.82, 2.24) is 4.90 Å². The van der Waals surface area contributed by atoms with Crippen molar-refractivity contribution in [3.8, 4) is 11.5 Å². The number of amides is 1. The number of carbonyl (C=O) groups excluding carboxylic acids is 1. The number of carbonyl (C=O) groups is 2.